The topological polar surface area (TPSA) is 72.9 Å². The summed E-state index contributed by atoms with van der Waals surface area (Å²) in [5.74, 6) is -0.981. The van der Waals surface area contributed by atoms with Gasteiger partial charge in [-0.25, -0.2) is 9.59 Å². The smallest absolute Gasteiger partial charge is 0.329 e. The molecule has 0 aliphatic carbocycles. The quantitative estimate of drug-likeness (QED) is 0.825. The zero-order valence-corrected chi connectivity index (χ0v) is 13.3. The van der Waals surface area contributed by atoms with Crippen molar-refractivity contribution in [1.29, 1.82) is 0 Å². The van der Waals surface area contributed by atoms with Gasteiger partial charge in [-0.15, -0.1) is 0 Å². The van der Waals surface area contributed by atoms with Crippen LogP contribution in [0.2, 0.25) is 0 Å². The van der Waals surface area contributed by atoms with Gasteiger partial charge >= 0.3 is 12.0 Å². The maximum Gasteiger partial charge on any atom is 0.329 e. The summed E-state index contributed by atoms with van der Waals surface area (Å²) in [6.45, 7) is 7.54. The van der Waals surface area contributed by atoms with Crippen molar-refractivity contribution >= 4 is 12.0 Å². The van der Waals surface area contributed by atoms with Crippen LogP contribution in [0.3, 0.4) is 0 Å². The third-order valence-electron chi connectivity index (χ3n) is 4.91. The van der Waals surface area contributed by atoms with E-state index < -0.39 is 11.5 Å². The Morgan fingerprint density at radius 3 is 2.67 bits per heavy atom. The van der Waals surface area contributed by atoms with Crippen LogP contribution in [0.1, 0.15) is 46.5 Å². The first-order valence-electron chi connectivity index (χ1n) is 7.91. The lowest BCUT2D eigenvalue weighted by Crippen LogP contribution is -2.58. The molecule has 2 amide bonds. The van der Waals surface area contributed by atoms with Gasteiger partial charge in [-0.3, -0.25) is 0 Å². The van der Waals surface area contributed by atoms with Gasteiger partial charge in [0.25, 0.3) is 0 Å². The minimum Gasteiger partial charge on any atom is -0.480 e. The van der Waals surface area contributed by atoms with Crippen LogP contribution in [0.5, 0.6) is 0 Å². The monoisotopic (exact) mass is 297 g/mol. The first-order chi connectivity index (χ1) is 9.86. The van der Waals surface area contributed by atoms with Crippen molar-refractivity contribution in [1.82, 2.24) is 15.1 Å². The third-order valence-corrected chi connectivity index (χ3v) is 4.91. The highest BCUT2D eigenvalue weighted by Crippen LogP contribution is 2.27. The standard InChI is InChI=1S/C15H27N3O3/c1-4-18(15(2,3)13(19)20)14(21)16-11-7-9-17-8-5-6-12(17)10-11/h11-12H,4-10H2,1-3H3,(H,16,21)(H,19,20). The van der Waals surface area contributed by atoms with Crippen LogP contribution in [0, 0.1) is 0 Å². The van der Waals surface area contributed by atoms with Gasteiger partial charge in [0.15, 0.2) is 0 Å². The number of hydrogen-bond donors (Lipinski definition) is 2. The number of aliphatic carboxylic acids is 1. The number of piperidine rings is 1. The second-order valence-corrected chi connectivity index (χ2v) is 6.61. The first-order valence-corrected chi connectivity index (χ1v) is 7.91. The molecule has 120 valence electrons. The molecule has 0 aromatic heterocycles. The van der Waals surface area contributed by atoms with Crippen LogP contribution >= 0.6 is 0 Å². The minimum absolute atomic E-state index is 0.162. The molecule has 0 bridgehead atoms. The predicted octanol–water partition coefficient (Wildman–Crippen LogP) is 1.51. The third kappa shape index (κ3) is 3.31. The van der Waals surface area contributed by atoms with Gasteiger partial charge in [0.05, 0.1) is 0 Å². The van der Waals surface area contributed by atoms with E-state index in [9.17, 15) is 14.7 Å². The Morgan fingerprint density at radius 1 is 1.33 bits per heavy atom. The molecule has 6 heteroatoms. The fourth-order valence-electron chi connectivity index (χ4n) is 3.52. The molecule has 0 aromatic rings. The number of nitrogens with one attached hydrogen (secondary N) is 1. The van der Waals surface area contributed by atoms with E-state index in [1.807, 2.05) is 6.92 Å². The number of nitrogens with zero attached hydrogens (tertiary/aromatic N) is 2. The second-order valence-electron chi connectivity index (χ2n) is 6.61. The van der Waals surface area contributed by atoms with Gasteiger partial charge in [0, 0.05) is 25.2 Å². The van der Waals surface area contributed by atoms with Gasteiger partial charge in [-0.05, 0) is 53.0 Å². The molecule has 2 N–H and O–H groups in total. The highest BCUT2D eigenvalue weighted by molar-refractivity contribution is 5.85. The number of carbonyl (C=O) groups excluding carboxylic acids is 1. The summed E-state index contributed by atoms with van der Waals surface area (Å²) in [7, 11) is 0. The predicted molar refractivity (Wildman–Crippen MR) is 80.2 cm³/mol. The van der Waals surface area contributed by atoms with Gasteiger partial charge in [0.1, 0.15) is 5.54 Å². The molecule has 2 unspecified atom stereocenters. The molecule has 0 spiro atoms. The number of hydrogen-bond acceptors (Lipinski definition) is 3. The number of rotatable bonds is 4. The maximum atomic E-state index is 12.4. The molecule has 0 aromatic carbocycles. The van der Waals surface area contributed by atoms with Crippen molar-refractivity contribution in [3.05, 3.63) is 0 Å². The van der Waals surface area contributed by atoms with Crippen LogP contribution < -0.4 is 5.32 Å². The second kappa shape index (κ2) is 6.22. The molecule has 2 fully saturated rings. The largest absolute Gasteiger partial charge is 0.480 e. The lowest BCUT2D eigenvalue weighted by molar-refractivity contribution is -0.147. The molecule has 2 rings (SSSR count). The summed E-state index contributed by atoms with van der Waals surface area (Å²) in [6, 6.07) is 0.489. The highest BCUT2D eigenvalue weighted by atomic mass is 16.4. The molecule has 2 heterocycles. The van der Waals surface area contributed by atoms with Crippen LogP contribution in [0.25, 0.3) is 0 Å². The molecule has 2 aliphatic heterocycles. The van der Waals surface area contributed by atoms with Gasteiger partial charge in [-0.1, -0.05) is 0 Å². The van der Waals surface area contributed by atoms with E-state index in [0.29, 0.717) is 12.6 Å². The van der Waals surface area contributed by atoms with E-state index >= 15 is 0 Å². The summed E-state index contributed by atoms with van der Waals surface area (Å²) < 4.78 is 0. The Morgan fingerprint density at radius 2 is 2.05 bits per heavy atom. The molecule has 0 radical (unpaired) electrons. The van der Waals surface area contributed by atoms with Gasteiger partial charge in [-0.2, -0.15) is 0 Å². The van der Waals surface area contributed by atoms with Crippen molar-refractivity contribution in [3.63, 3.8) is 0 Å². The SMILES string of the molecule is CCN(C(=O)NC1CCN2CCCC2C1)C(C)(C)C(=O)O. The number of carboxylic acids is 1. The number of fused-ring (bicyclic) bond motifs is 1. The summed E-state index contributed by atoms with van der Waals surface area (Å²) in [5.41, 5.74) is -1.19. The molecule has 2 aliphatic rings. The number of likely N-dealkylation sites (N-methyl/N-ethyl adjacent to an activating group) is 1. The van der Waals surface area contributed by atoms with E-state index in [-0.39, 0.29) is 12.1 Å². The van der Waals surface area contributed by atoms with Crippen molar-refractivity contribution in [3.8, 4) is 0 Å². The van der Waals surface area contributed by atoms with E-state index in [1.54, 1.807) is 13.8 Å². The zero-order chi connectivity index (χ0) is 15.6. The molecule has 0 saturated carbocycles. The van der Waals surface area contributed by atoms with E-state index in [2.05, 4.69) is 10.2 Å². The van der Waals surface area contributed by atoms with Crippen molar-refractivity contribution in [2.75, 3.05) is 19.6 Å². The zero-order valence-electron chi connectivity index (χ0n) is 13.3. The van der Waals surface area contributed by atoms with E-state index in [0.717, 1.165) is 19.4 Å². The van der Waals surface area contributed by atoms with Crippen molar-refractivity contribution in [2.45, 2.75) is 64.1 Å². The van der Waals surface area contributed by atoms with Crippen molar-refractivity contribution < 1.29 is 14.7 Å². The Hall–Kier alpha value is -1.30. The van der Waals surface area contributed by atoms with Crippen LogP contribution in [0.15, 0.2) is 0 Å². The van der Waals surface area contributed by atoms with Gasteiger partial charge < -0.3 is 20.2 Å². The Kier molecular flexibility index (Phi) is 4.76. The summed E-state index contributed by atoms with van der Waals surface area (Å²) in [6.07, 6.45) is 4.40. The van der Waals surface area contributed by atoms with E-state index in [1.165, 1.54) is 24.3 Å². The normalized spacial score (nSPS) is 26.2. The van der Waals surface area contributed by atoms with Crippen LogP contribution in [-0.2, 0) is 4.79 Å². The Labute approximate surface area is 126 Å². The number of amides is 2. The first kappa shape index (κ1) is 16.1. The Balaban J connectivity index is 1.95. The molecular formula is C15H27N3O3. The lowest BCUT2D eigenvalue weighted by atomic mass is 9.97. The number of carbonyl (C=O) groups is 2. The van der Waals surface area contributed by atoms with Crippen LogP contribution in [-0.4, -0.2) is 64.2 Å². The Bertz CT molecular complexity index is 411. The summed E-state index contributed by atoms with van der Waals surface area (Å²) in [4.78, 5) is 27.7. The summed E-state index contributed by atoms with van der Waals surface area (Å²) >= 11 is 0. The number of urea groups is 1. The molecule has 21 heavy (non-hydrogen) atoms. The van der Waals surface area contributed by atoms with E-state index in [4.69, 9.17) is 0 Å². The maximum absolute atomic E-state index is 12.4. The number of carboxylic acid groups (broad SMARTS) is 1. The molecule has 6 nitrogen and oxygen atoms in total. The van der Waals surface area contributed by atoms with Gasteiger partial charge in [0.2, 0.25) is 0 Å². The lowest BCUT2D eigenvalue weighted by Gasteiger charge is -2.38. The average Bonchev–Trinajstić information content (AvgIpc) is 2.86. The highest BCUT2D eigenvalue weighted by Gasteiger charge is 2.38. The van der Waals surface area contributed by atoms with Crippen LogP contribution in [0.4, 0.5) is 4.79 Å². The van der Waals surface area contributed by atoms with Crippen molar-refractivity contribution in [2.24, 2.45) is 0 Å². The summed E-state index contributed by atoms with van der Waals surface area (Å²) in [5, 5.41) is 12.3. The molecule has 2 saturated heterocycles. The molecule has 2 atom stereocenters. The minimum atomic E-state index is -1.19. The molecular weight excluding hydrogens is 270 g/mol. The fourth-order valence-corrected chi connectivity index (χ4v) is 3.52. The average molecular weight is 297 g/mol. The fraction of sp³-hybridized carbons (Fsp3) is 0.867.